The predicted octanol–water partition coefficient (Wildman–Crippen LogP) is 0.145. The topological polar surface area (TPSA) is 190 Å². The van der Waals surface area contributed by atoms with Crippen molar-refractivity contribution < 1.29 is 55.1 Å². The van der Waals surface area contributed by atoms with Crippen LogP contribution < -0.4 is 4.74 Å². The Kier molecular flexibility index (Phi) is 5.19. The predicted molar refractivity (Wildman–Crippen MR) is 101 cm³/mol. The normalized spacial score (nSPS) is 27.7. The van der Waals surface area contributed by atoms with Gasteiger partial charge >= 0.3 is 0 Å². The van der Waals surface area contributed by atoms with Crippen molar-refractivity contribution in [1.82, 2.24) is 0 Å². The van der Waals surface area contributed by atoms with Crippen molar-refractivity contribution in [2.75, 3.05) is 6.61 Å². The maximum absolute atomic E-state index is 10.2. The second kappa shape index (κ2) is 7.71. The molecule has 2 aromatic rings. The third kappa shape index (κ3) is 3.75. The van der Waals surface area contributed by atoms with Gasteiger partial charge < -0.3 is 55.1 Å². The van der Waals surface area contributed by atoms with Gasteiger partial charge in [0, 0.05) is 17.7 Å². The number of aromatic hydroxyl groups is 5. The Bertz CT molecular complexity index is 1010. The second-order valence-electron chi connectivity index (χ2n) is 7.20. The molecule has 31 heavy (non-hydrogen) atoms. The van der Waals surface area contributed by atoms with Crippen LogP contribution in [0.1, 0.15) is 17.2 Å². The number of aliphatic hydroxyl groups is 3. The largest absolute Gasteiger partial charge is 0.508 e. The first-order valence-corrected chi connectivity index (χ1v) is 9.17. The summed E-state index contributed by atoms with van der Waals surface area (Å²) in [4.78, 5) is 0. The van der Waals surface area contributed by atoms with Crippen molar-refractivity contribution in [2.24, 2.45) is 0 Å². The Labute approximate surface area is 174 Å². The zero-order chi connectivity index (χ0) is 22.4. The van der Waals surface area contributed by atoms with Gasteiger partial charge in [-0.3, -0.25) is 0 Å². The van der Waals surface area contributed by atoms with Crippen LogP contribution >= 0.6 is 0 Å². The number of hydrogen-bond acceptors (Lipinski definition) is 11. The highest BCUT2D eigenvalue weighted by atomic mass is 16.7. The highest BCUT2D eigenvalue weighted by Gasteiger charge is 2.41. The molecule has 1 unspecified atom stereocenters. The molecule has 166 valence electrons. The maximum atomic E-state index is 10.2. The van der Waals surface area contributed by atoms with E-state index in [9.17, 15) is 40.9 Å². The summed E-state index contributed by atoms with van der Waals surface area (Å²) in [6, 6.07) is 4.49. The van der Waals surface area contributed by atoms with Gasteiger partial charge in [0.05, 0.1) is 12.2 Å². The molecule has 2 aliphatic rings. The van der Waals surface area contributed by atoms with Crippen LogP contribution in [0.4, 0.5) is 0 Å². The van der Waals surface area contributed by atoms with Crippen LogP contribution in [0.15, 0.2) is 30.0 Å². The van der Waals surface area contributed by atoms with Crippen LogP contribution in [0.2, 0.25) is 0 Å². The lowest BCUT2D eigenvalue weighted by molar-refractivity contribution is -0.261. The average Bonchev–Trinajstić information content (AvgIpc) is 2.72. The van der Waals surface area contributed by atoms with Crippen LogP contribution in [0.25, 0.3) is 6.08 Å². The Balaban J connectivity index is 1.76. The molecule has 0 aromatic heterocycles. The molecule has 5 atom stereocenters. The van der Waals surface area contributed by atoms with Crippen LogP contribution in [0, 0.1) is 0 Å². The number of aliphatic hydroxyl groups excluding tert-OH is 3. The lowest BCUT2D eigenvalue weighted by Crippen LogP contribution is -2.53. The van der Waals surface area contributed by atoms with E-state index in [1.54, 1.807) is 0 Å². The monoisotopic (exact) mass is 436 g/mol. The molecule has 2 heterocycles. The lowest BCUT2D eigenvalue weighted by atomic mass is 10.00. The van der Waals surface area contributed by atoms with Crippen molar-refractivity contribution in [3.63, 3.8) is 0 Å². The summed E-state index contributed by atoms with van der Waals surface area (Å²) in [5.74, 6) is -2.68. The van der Waals surface area contributed by atoms with Crippen molar-refractivity contribution >= 4 is 6.08 Å². The molecule has 1 saturated heterocycles. The van der Waals surface area contributed by atoms with Gasteiger partial charge in [-0.2, -0.15) is 0 Å². The zero-order valence-corrected chi connectivity index (χ0v) is 15.8. The number of ether oxygens (including phenoxy) is 3. The maximum Gasteiger partial charge on any atom is 0.228 e. The first-order valence-electron chi connectivity index (χ1n) is 9.17. The molecule has 11 heteroatoms. The van der Waals surface area contributed by atoms with Crippen LogP contribution in [-0.2, 0) is 9.47 Å². The summed E-state index contributed by atoms with van der Waals surface area (Å²) in [6.45, 7) is -0.321. The SMILES string of the molecule is Oc1cc(O)c2c(c1)OC(c1cc(O)c(O)c(O)c1)C(O[C@@H]1OC[C@@H](O)[C@@H](O)[C@@H]1O)=C2. The molecule has 11 nitrogen and oxygen atoms in total. The third-order valence-corrected chi connectivity index (χ3v) is 5.00. The summed E-state index contributed by atoms with van der Waals surface area (Å²) < 4.78 is 16.7. The van der Waals surface area contributed by atoms with E-state index in [2.05, 4.69) is 0 Å². The van der Waals surface area contributed by atoms with Gasteiger partial charge in [-0.1, -0.05) is 0 Å². The number of hydrogen-bond donors (Lipinski definition) is 8. The molecular formula is C20H20O11. The summed E-state index contributed by atoms with van der Waals surface area (Å²) >= 11 is 0. The molecule has 2 aromatic carbocycles. The van der Waals surface area contributed by atoms with Gasteiger partial charge in [0.1, 0.15) is 41.3 Å². The average molecular weight is 436 g/mol. The molecule has 0 bridgehead atoms. The van der Waals surface area contributed by atoms with E-state index in [1.165, 1.54) is 12.1 Å². The fraction of sp³-hybridized carbons (Fsp3) is 0.300. The third-order valence-electron chi connectivity index (χ3n) is 5.00. The van der Waals surface area contributed by atoms with E-state index in [4.69, 9.17) is 14.2 Å². The summed E-state index contributed by atoms with van der Waals surface area (Å²) in [7, 11) is 0. The van der Waals surface area contributed by atoms with Crippen molar-refractivity contribution in [2.45, 2.75) is 30.7 Å². The Hall–Kier alpha value is -3.38. The minimum atomic E-state index is -1.62. The van der Waals surface area contributed by atoms with E-state index in [0.717, 1.165) is 18.2 Å². The van der Waals surface area contributed by atoms with E-state index < -0.39 is 48.0 Å². The Morgan fingerprint density at radius 3 is 2.19 bits per heavy atom. The van der Waals surface area contributed by atoms with Gasteiger partial charge in [-0.15, -0.1) is 0 Å². The molecule has 8 N–H and O–H groups in total. The van der Waals surface area contributed by atoms with Crippen LogP contribution in [-0.4, -0.2) is 72.1 Å². The Morgan fingerprint density at radius 1 is 0.839 bits per heavy atom. The minimum Gasteiger partial charge on any atom is -0.508 e. The minimum absolute atomic E-state index is 0.0440. The van der Waals surface area contributed by atoms with E-state index in [1.807, 2.05) is 0 Å². The van der Waals surface area contributed by atoms with Crippen molar-refractivity contribution in [1.29, 1.82) is 0 Å². The first-order chi connectivity index (χ1) is 14.7. The molecule has 4 rings (SSSR count). The van der Waals surface area contributed by atoms with E-state index in [-0.39, 0.29) is 40.7 Å². The van der Waals surface area contributed by atoms with Gasteiger partial charge in [-0.25, -0.2) is 0 Å². The summed E-state index contributed by atoms with van der Waals surface area (Å²) in [5, 5.41) is 79.0. The smallest absolute Gasteiger partial charge is 0.228 e. The van der Waals surface area contributed by atoms with E-state index in [0.29, 0.717) is 0 Å². The fourth-order valence-electron chi connectivity index (χ4n) is 3.37. The molecule has 0 amide bonds. The van der Waals surface area contributed by atoms with E-state index >= 15 is 0 Å². The number of benzene rings is 2. The molecular weight excluding hydrogens is 416 g/mol. The summed E-state index contributed by atoms with van der Waals surface area (Å²) in [5.41, 5.74) is 0.237. The Morgan fingerprint density at radius 2 is 1.52 bits per heavy atom. The van der Waals surface area contributed by atoms with Crippen molar-refractivity contribution in [3.05, 3.63) is 41.2 Å². The number of rotatable bonds is 3. The highest BCUT2D eigenvalue weighted by Crippen LogP contribution is 2.46. The number of phenolic OH excluding ortho intramolecular Hbond substituents is 5. The number of phenols is 5. The van der Waals surface area contributed by atoms with Crippen LogP contribution in [0.5, 0.6) is 34.5 Å². The lowest BCUT2D eigenvalue weighted by Gasteiger charge is -2.37. The molecule has 0 saturated carbocycles. The highest BCUT2D eigenvalue weighted by molar-refractivity contribution is 5.70. The van der Waals surface area contributed by atoms with Crippen LogP contribution in [0.3, 0.4) is 0 Å². The molecule has 1 fully saturated rings. The van der Waals surface area contributed by atoms with Crippen molar-refractivity contribution in [3.8, 4) is 34.5 Å². The second-order valence-corrected chi connectivity index (χ2v) is 7.20. The fourth-order valence-corrected chi connectivity index (χ4v) is 3.37. The molecule has 0 spiro atoms. The molecule has 2 aliphatic heterocycles. The molecule has 0 radical (unpaired) electrons. The first kappa shape index (κ1) is 20.9. The quantitative estimate of drug-likeness (QED) is 0.306. The zero-order valence-electron chi connectivity index (χ0n) is 15.8. The van der Waals surface area contributed by atoms with Gasteiger partial charge in [0.2, 0.25) is 6.29 Å². The van der Waals surface area contributed by atoms with Gasteiger partial charge in [-0.05, 0) is 18.2 Å². The standard InChI is InChI=1S/C20H20O11/c21-8-3-10(22)9-5-15(31-20-18(28)17(27)13(25)6-29-20)19(30-14(9)4-8)7-1-11(23)16(26)12(24)2-7/h1-5,13,17-28H,6H2/t13-,17-,18+,19?,20+/m1/s1. The van der Waals surface area contributed by atoms with Gasteiger partial charge in [0.15, 0.2) is 23.4 Å². The van der Waals surface area contributed by atoms with Gasteiger partial charge in [0.25, 0.3) is 0 Å². The molecule has 0 aliphatic carbocycles. The number of fused-ring (bicyclic) bond motifs is 1. The summed E-state index contributed by atoms with van der Waals surface area (Å²) in [6.07, 6.45) is -5.77.